The van der Waals surface area contributed by atoms with E-state index in [1.165, 1.54) is 0 Å². The molecule has 1 fully saturated rings. The summed E-state index contributed by atoms with van der Waals surface area (Å²) in [6, 6.07) is 9.78. The molecule has 3 heterocycles. The predicted octanol–water partition coefficient (Wildman–Crippen LogP) is 3.13. The standard InChI is InChI=1S/C20H23N5O/c1-13-6-4-8-19(23-13)24-20(26)16-7-5-9-25(12-16)18-10-14(2)22-15(3)17(18)11-21/h4,6,8,10,16H,5,7,9,12H2,1-3H3,(H,23,24,26). The Balaban J connectivity index is 1.78. The van der Waals surface area contributed by atoms with Crippen LogP contribution in [0.15, 0.2) is 24.3 Å². The first-order valence-corrected chi connectivity index (χ1v) is 8.85. The van der Waals surface area contributed by atoms with Crippen LogP contribution in [0.25, 0.3) is 0 Å². The number of aromatic nitrogens is 2. The lowest BCUT2D eigenvalue weighted by Crippen LogP contribution is -2.41. The summed E-state index contributed by atoms with van der Waals surface area (Å²) in [4.78, 5) is 23.5. The van der Waals surface area contributed by atoms with Crippen molar-refractivity contribution in [2.24, 2.45) is 5.92 Å². The van der Waals surface area contributed by atoms with E-state index in [2.05, 4.69) is 26.3 Å². The van der Waals surface area contributed by atoms with Gasteiger partial charge in [0.1, 0.15) is 11.9 Å². The largest absolute Gasteiger partial charge is 0.370 e. The highest BCUT2D eigenvalue weighted by molar-refractivity contribution is 5.92. The molecule has 134 valence electrons. The highest BCUT2D eigenvalue weighted by atomic mass is 16.2. The Hall–Kier alpha value is -2.94. The van der Waals surface area contributed by atoms with Gasteiger partial charge in [0, 0.05) is 24.5 Å². The Bertz CT molecular complexity index is 871. The Morgan fingerprint density at radius 2 is 2.08 bits per heavy atom. The Morgan fingerprint density at radius 3 is 2.81 bits per heavy atom. The minimum atomic E-state index is -0.133. The molecule has 0 radical (unpaired) electrons. The van der Waals surface area contributed by atoms with Crippen LogP contribution in [0.1, 0.15) is 35.5 Å². The zero-order valence-electron chi connectivity index (χ0n) is 15.4. The second-order valence-electron chi connectivity index (χ2n) is 6.79. The second kappa shape index (κ2) is 7.52. The molecule has 2 aromatic heterocycles. The van der Waals surface area contributed by atoms with E-state index in [-0.39, 0.29) is 11.8 Å². The fourth-order valence-electron chi connectivity index (χ4n) is 3.45. The second-order valence-corrected chi connectivity index (χ2v) is 6.79. The van der Waals surface area contributed by atoms with E-state index in [4.69, 9.17) is 0 Å². The Kier molecular flexibility index (Phi) is 5.17. The molecule has 2 aromatic rings. The van der Waals surface area contributed by atoms with Gasteiger partial charge in [-0.2, -0.15) is 5.26 Å². The van der Waals surface area contributed by atoms with E-state index in [1.807, 2.05) is 39.0 Å². The van der Waals surface area contributed by atoms with Crippen LogP contribution in [-0.4, -0.2) is 29.0 Å². The molecular weight excluding hydrogens is 326 g/mol. The zero-order valence-corrected chi connectivity index (χ0v) is 15.4. The lowest BCUT2D eigenvalue weighted by molar-refractivity contribution is -0.120. The van der Waals surface area contributed by atoms with Crippen LogP contribution < -0.4 is 10.2 Å². The molecule has 6 nitrogen and oxygen atoms in total. The summed E-state index contributed by atoms with van der Waals surface area (Å²) in [5, 5.41) is 12.4. The molecular formula is C20H23N5O. The van der Waals surface area contributed by atoms with Crippen LogP contribution in [-0.2, 0) is 4.79 Å². The quantitative estimate of drug-likeness (QED) is 0.920. The number of carbonyl (C=O) groups is 1. The summed E-state index contributed by atoms with van der Waals surface area (Å²) < 4.78 is 0. The Labute approximate surface area is 153 Å². The fraction of sp³-hybridized carbons (Fsp3) is 0.400. The third-order valence-corrected chi connectivity index (χ3v) is 4.69. The first-order chi connectivity index (χ1) is 12.5. The van der Waals surface area contributed by atoms with E-state index < -0.39 is 0 Å². The zero-order chi connectivity index (χ0) is 18.7. The molecule has 1 atom stereocenters. The van der Waals surface area contributed by atoms with Gasteiger partial charge in [0.25, 0.3) is 0 Å². The van der Waals surface area contributed by atoms with Gasteiger partial charge in [-0.25, -0.2) is 4.98 Å². The van der Waals surface area contributed by atoms with Crippen molar-refractivity contribution in [3.05, 3.63) is 46.9 Å². The molecule has 0 saturated carbocycles. The number of pyridine rings is 2. The smallest absolute Gasteiger partial charge is 0.230 e. The Morgan fingerprint density at radius 1 is 1.27 bits per heavy atom. The molecule has 1 aliphatic rings. The van der Waals surface area contributed by atoms with Gasteiger partial charge in [0.05, 0.1) is 22.9 Å². The number of hydrogen-bond acceptors (Lipinski definition) is 5. The summed E-state index contributed by atoms with van der Waals surface area (Å²) in [5.74, 6) is 0.431. The maximum absolute atomic E-state index is 12.7. The molecule has 0 aliphatic carbocycles. The molecule has 0 aromatic carbocycles. The van der Waals surface area contributed by atoms with Gasteiger partial charge >= 0.3 is 0 Å². The molecule has 0 bridgehead atoms. The summed E-state index contributed by atoms with van der Waals surface area (Å²) in [7, 11) is 0. The highest BCUT2D eigenvalue weighted by Gasteiger charge is 2.28. The molecule has 26 heavy (non-hydrogen) atoms. The number of nitrogens with zero attached hydrogens (tertiary/aromatic N) is 4. The van der Waals surface area contributed by atoms with Crippen molar-refractivity contribution < 1.29 is 4.79 Å². The number of piperidine rings is 1. The van der Waals surface area contributed by atoms with Crippen molar-refractivity contribution in [2.45, 2.75) is 33.6 Å². The monoisotopic (exact) mass is 349 g/mol. The van der Waals surface area contributed by atoms with E-state index in [9.17, 15) is 10.1 Å². The predicted molar refractivity (Wildman–Crippen MR) is 101 cm³/mol. The number of anilines is 2. The highest BCUT2D eigenvalue weighted by Crippen LogP contribution is 2.28. The maximum atomic E-state index is 12.7. The van der Waals surface area contributed by atoms with Crippen molar-refractivity contribution in [2.75, 3.05) is 23.3 Å². The molecule has 1 aliphatic heterocycles. The number of nitrogens with one attached hydrogen (secondary N) is 1. The van der Waals surface area contributed by atoms with Crippen molar-refractivity contribution in [1.29, 1.82) is 5.26 Å². The lowest BCUT2D eigenvalue weighted by Gasteiger charge is -2.34. The van der Waals surface area contributed by atoms with Crippen molar-refractivity contribution in [3.8, 4) is 6.07 Å². The van der Waals surface area contributed by atoms with Gasteiger partial charge in [-0.05, 0) is 51.8 Å². The van der Waals surface area contributed by atoms with Crippen molar-refractivity contribution >= 4 is 17.4 Å². The molecule has 0 spiro atoms. The normalized spacial score (nSPS) is 16.8. The average molecular weight is 349 g/mol. The topological polar surface area (TPSA) is 81.9 Å². The van der Waals surface area contributed by atoms with Gasteiger partial charge < -0.3 is 10.2 Å². The first kappa shape index (κ1) is 17.9. The van der Waals surface area contributed by atoms with E-state index in [0.717, 1.165) is 42.2 Å². The molecule has 1 saturated heterocycles. The molecule has 1 amide bonds. The van der Waals surface area contributed by atoms with E-state index >= 15 is 0 Å². The van der Waals surface area contributed by atoms with Crippen LogP contribution in [0.2, 0.25) is 0 Å². The van der Waals surface area contributed by atoms with Crippen molar-refractivity contribution in [3.63, 3.8) is 0 Å². The summed E-state index contributed by atoms with van der Waals surface area (Å²) >= 11 is 0. The summed E-state index contributed by atoms with van der Waals surface area (Å²) in [6.45, 7) is 7.11. The lowest BCUT2D eigenvalue weighted by atomic mass is 9.95. The van der Waals surface area contributed by atoms with Crippen LogP contribution >= 0.6 is 0 Å². The minimum absolute atomic E-state index is 0.0196. The van der Waals surface area contributed by atoms with Crippen LogP contribution in [0.5, 0.6) is 0 Å². The van der Waals surface area contributed by atoms with Crippen LogP contribution in [0.4, 0.5) is 11.5 Å². The molecule has 3 rings (SSSR count). The number of rotatable bonds is 3. The van der Waals surface area contributed by atoms with Crippen LogP contribution in [0.3, 0.4) is 0 Å². The van der Waals surface area contributed by atoms with Gasteiger partial charge in [-0.1, -0.05) is 6.07 Å². The summed E-state index contributed by atoms with van der Waals surface area (Å²) in [5.41, 5.74) is 3.96. The maximum Gasteiger partial charge on any atom is 0.230 e. The number of carbonyl (C=O) groups excluding carboxylic acids is 1. The van der Waals surface area contributed by atoms with E-state index in [0.29, 0.717) is 17.9 Å². The SMILES string of the molecule is Cc1cccc(NC(=O)C2CCCN(c3cc(C)nc(C)c3C#N)C2)n1. The van der Waals surface area contributed by atoms with Gasteiger partial charge in [-0.15, -0.1) is 0 Å². The average Bonchev–Trinajstić information content (AvgIpc) is 2.61. The minimum Gasteiger partial charge on any atom is -0.370 e. The van der Waals surface area contributed by atoms with Gasteiger partial charge in [0.2, 0.25) is 5.91 Å². The number of amides is 1. The first-order valence-electron chi connectivity index (χ1n) is 8.85. The third kappa shape index (κ3) is 3.83. The van der Waals surface area contributed by atoms with Gasteiger partial charge in [0.15, 0.2) is 0 Å². The fourth-order valence-corrected chi connectivity index (χ4v) is 3.45. The number of hydrogen-bond donors (Lipinski definition) is 1. The van der Waals surface area contributed by atoms with Gasteiger partial charge in [-0.3, -0.25) is 9.78 Å². The van der Waals surface area contributed by atoms with Crippen LogP contribution in [0, 0.1) is 38.0 Å². The van der Waals surface area contributed by atoms with Crippen molar-refractivity contribution in [1.82, 2.24) is 9.97 Å². The number of aryl methyl sites for hydroxylation is 3. The number of nitriles is 1. The molecule has 6 heteroatoms. The third-order valence-electron chi connectivity index (χ3n) is 4.69. The van der Waals surface area contributed by atoms with E-state index in [1.54, 1.807) is 6.07 Å². The molecule has 1 unspecified atom stereocenters. The molecule has 1 N–H and O–H groups in total. The summed E-state index contributed by atoms with van der Waals surface area (Å²) in [6.07, 6.45) is 1.74.